The number of carbonyl (C=O) groups is 2. The molecule has 35 heavy (non-hydrogen) atoms. The summed E-state index contributed by atoms with van der Waals surface area (Å²) in [5.41, 5.74) is 4.68. The molecule has 4 aromatic heterocycles. The lowest BCUT2D eigenvalue weighted by atomic mass is 10.1. The molecule has 1 aliphatic rings. The van der Waals surface area contributed by atoms with Crippen LogP contribution in [0, 0.1) is 6.92 Å². The fourth-order valence-electron chi connectivity index (χ4n) is 4.44. The molecular formula is C25H28N8O2. The van der Waals surface area contributed by atoms with Crippen molar-refractivity contribution in [2.45, 2.75) is 32.2 Å². The molecule has 3 N–H and O–H groups in total. The van der Waals surface area contributed by atoms with E-state index in [1.165, 1.54) is 6.20 Å². The number of H-pyrrole nitrogens is 1. The lowest BCUT2D eigenvalue weighted by Gasteiger charge is -2.18. The number of nitrogens with zero attached hydrogens (tertiary/aromatic N) is 5. The third-order valence-corrected chi connectivity index (χ3v) is 6.46. The Morgan fingerprint density at radius 1 is 1.11 bits per heavy atom. The number of nitrogens with one attached hydrogen (secondary N) is 3. The highest BCUT2D eigenvalue weighted by atomic mass is 16.2. The van der Waals surface area contributed by atoms with Crippen molar-refractivity contribution in [3.63, 3.8) is 0 Å². The van der Waals surface area contributed by atoms with Gasteiger partial charge in [0.05, 0.1) is 40.7 Å². The first kappa shape index (κ1) is 22.7. The van der Waals surface area contributed by atoms with Gasteiger partial charge in [-0.15, -0.1) is 0 Å². The van der Waals surface area contributed by atoms with Gasteiger partial charge in [-0.3, -0.25) is 19.3 Å². The Balaban J connectivity index is 1.29. The number of hydrogen-bond donors (Lipinski definition) is 3. The van der Waals surface area contributed by atoms with Crippen LogP contribution >= 0.6 is 0 Å². The molecule has 10 nitrogen and oxygen atoms in total. The molecule has 0 aliphatic carbocycles. The van der Waals surface area contributed by atoms with E-state index in [2.05, 4.69) is 35.6 Å². The monoisotopic (exact) mass is 472 g/mol. The van der Waals surface area contributed by atoms with Gasteiger partial charge in [0.2, 0.25) is 5.91 Å². The molecule has 180 valence electrons. The fraction of sp³-hybridized carbons (Fsp3) is 0.320. The number of amides is 2. The summed E-state index contributed by atoms with van der Waals surface area (Å²) in [5, 5.41) is 10.8. The van der Waals surface area contributed by atoms with Crippen LogP contribution in [0.2, 0.25) is 0 Å². The van der Waals surface area contributed by atoms with Crippen LogP contribution in [0.25, 0.3) is 22.3 Å². The first-order valence-corrected chi connectivity index (χ1v) is 11.6. The van der Waals surface area contributed by atoms with E-state index in [4.69, 9.17) is 0 Å². The van der Waals surface area contributed by atoms with E-state index in [9.17, 15) is 9.59 Å². The molecule has 1 saturated heterocycles. The maximum absolute atomic E-state index is 13.0. The highest BCUT2D eigenvalue weighted by Gasteiger charge is 2.23. The molecular weight excluding hydrogens is 444 g/mol. The van der Waals surface area contributed by atoms with Gasteiger partial charge in [-0.1, -0.05) is 0 Å². The highest BCUT2D eigenvalue weighted by molar-refractivity contribution is 6.06. The number of pyridine rings is 2. The normalized spacial score (nSPS) is 16.0. The molecule has 5 heterocycles. The fourth-order valence-corrected chi connectivity index (χ4v) is 4.44. The summed E-state index contributed by atoms with van der Waals surface area (Å²) in [4.78, 5) is 39.7. The Labute approximate surface area is 202 Å². The maximum atomic E-state index is 13.0. The molecule has 0 bridgehead atoms. The SMILES string of the molecule is Cc1ncc(NC(=O)C[C@@H]2CCCN2C)cc1NC(=O)c1cnc2[nH]c(-c3cnn(C)c3)cc2c1. The van der Waals surface area contributed by atoms with Crippen LogP contribution in [-0.2, 0) is 11.8 Å². The van der Waals surface area contributed by atoms with Crippen molar-refractivity contribution in [2.24, 2.45) is 7.05 Å². The minimum Gasteiger partial charge on any atom is -0.339 e. The van der Waals surface area contributed by atoms with E-state index in [0.29, 0.717) is 34.7 Å². The maximum Gasteiger partial charge on any atom is 0.257 e. The van der Waals surface area contributed by atoms with Crippen molar-refractivity contribution in [1.29, 1.82) is 0 Å². The third kappa shape index (κ3) is 4.92. The number of aryl methyl sites for hydroxylation is 2. The number of rotatable bonds is 6. The van der Waals surface area contributed by atoms with E-state index < -0.39 is 0 Å². The Morgan fingerprint density at radius 2 is 1.97 bits per heavy atom. The molecule has 0 spiro atoms. The largest absolute Gasteiger partial charge is 0.339 e. The van der Waals surface area contributed by atoms with Gasteiger partial charge in [0.25, 0.3) is 5.91 Å². The number of aromatic nitrogens is 5. The van der Waals surface area contributed by atoms with Gasteiger partial charge in [0.1, 0.15) is 5.65 Å². The number of aromatic amines is 1. The van der Waals surface area contributed by atoms with Crippen LogP contribution in [0.1, 0.15) is 35.3 Å². The van der Waals surface area contributed by atoms with E-state index in [1.54, 1.807) is 29.2 Å². The summed E-state index contributed by atoms with van der Waals surface area (Å²) in [6.45, 7) is 2.83. The molecule has 0 saturated carbocycles. The summed E-state index contributed by atoms with van der Waals surface area (Å²) in [5.74, 6) is -0.359. The molecule has 1 atom stereocenters. The van der Waals surface area contributed by atoms with E-state index >= 15 is 0 Å². The molecule has 2 amide bonds. The van der Waals surface area contributed by atoms with Crippen LogP contribution in [0.5, 0.6) is 0 Å². The van der Waals surface area contributed by atoms with E-state index in [1.807, 2.05) is 33.3 Å². The summed E-state index contributed by atoms with van der Waals surface area (Å²) < 4.78 is 1.73. The van der Waals surface area contributed by atoms with E-state index in [-0.39, 0.29) is 17.9 Å². The number of carbonyl (C=O) groups excluding carboxylic acids is 2. The second-order valence-electron chi connectivity index (χ2n) is 9.09. The molecule has 0 radical (unpaired) electrons. The summed E-state index contributed by atoms with van der Waals surface area (Å²) >= 11 is 0. The van der Waals surface area contributed by atoms with Crippen molar-refractivity contribution < 1.29 is 9.59 Å². The zero-order chi connectivity index (χ0) is 24.5. The predicted molar refractivity (Wildman–Crippen MR) is 134 cm³/mol. The van der Waals surface area contributed by atoms with E-state index in [0.717, 1.165) is 36.0 Å². The molecule has 1 aliphatic heterocycles. The zero-order valence-electron chi connectivity index (χ0n) is 20.0. The Kier molecular flexibility index (Phi) is 6.04. The lowest BCUT2D eigenvalue weighted by Crippen LogP contribution is -2.29. The molecule has 0 aromatic carbocycles. The zero-order valence-corrected chi connectivity index (χ0v) is 20.0. The quantitative estimate of drug-likeness (QED) is 0.396. The van der Waals surface area contributed by atoms with Gasteiger partial charge in [0.15, 0.2) is 0 Å². The summed E-state index contributed by atoms with van der Waals surface area (Å²) in [7, 11) is 3.91. The van der Waals surface area contributed by atoms with Gasteiger partial charge in [0, 0.05) is 42.9 Å². The van der Waals surface area contributed by atoms with Crippen molar-refractivity contribution in [3.8, 4) is 11.3 Å². The minimum absolute atomic E-state index is 0.0572. The lowest BCUT2D eigenvalue weighted by molar-refractivity contribution is -0.117. The average Bonchev–Trinajstić information content (AvgIpc) is 3.55. The molecule has 1 fully saturated rings. The molecule has 10 heteroatoms. The first-order chi connectivity index (χ1) is 16.9. The van der Waals surface area contributed by atoms with Crippen LogP contribution in [-0.4, -0.2) is 61.1 Å². The van der Waals surface area contributed by atoms with Crippen molar-refractivity contribution in [1.82, 2.24) is 29.6 Å². The van der Waals surface area contributed by atoms with Crippen molar-refractivity contribution >= 4 is 34.2 Å². The van der Waals surface area contributed by atoms with Gasteiger partial charge < -0.3 is 20.5 Å². The van der Waals surface area contributed by atoms with Gasteiger partial charge in [-0.2, -0.15) is 5.10 Å². The second kappa shape index (κ2) is 9.30. The van der Waals surface area contributed by atoms with Crippen LogP contribution in [0.15, 0.2) is 43.0 Å². The number of anilines is 2. The average molecular weight is 473 g/mol. The van der Waals surface area contributed by atoms with Crippen LogP contribution < -0.4 is 10.6 Å². The van der Waals surface area contributed by atoms with Gasteiger partial charge in [-0.25, -0.2) is 4.98 Å². The summed E-state index contributed by atoms with van der Waals surface area (Å²) in [6.07, 6.45) is 9.40. The van der Waals surface area contributed by atoms with Crippen LogP contribution in [0.4, 0.5) is 11.4 Å². The van der Waals surface area contributed by atoms with Gasteiger partial charge in [-0.05, 0) is 51.6 Å². The predicted octanol–water partition coefficient (Wildman–Crippen LogP) is 3.34. The molecule has 5 rings (SSSR count). The first-order valence-electron chi connectivity index (χ1n) is 11.6. The van der Waals surface area contributed by atoms with Crippen LogP contribution in [0.3, 0.4) is 0 Å². The molecule has 4 aromatic rings. The second-order valence-corrected chi connectivity index (χ2v) is 9.09. The van der Waals surface area contributed by atoms with Gasteiger partial charge >= 0.3 is 0 Å². The summed E-state index contributed by atoms with van der Waals surface area (Å²) in [6, 6.07) is 5.74. The van der Waals surface area contributed by atoms with Crippen molar-refractivity contribution in [3.05, 3.63) is 54.2 Å². The topological polar surface area (TPSA) is 121 Å². The smallest absolute Gasteiger partial charge is 0.257 e. The Morgan fingerprint density at radius 3 is 2.71 bits per heavy atom. The Bertz CT molecular complexity index is 1410. The number of hydrogen-bond acceptors (Lipinski definition) is 6. The Hall–Kier alpha value is -4.05. The highest BCUT2D eigenvalue weighted by Crippen LogP contribution is 2.25. The number of fused-ring (bicyclic) bond motifs is 1. The van der Waals surface area contributed by atoms with Crippen molar-refractivity contribution in [2.75, 3.05) is 24.2 Å². The molecule has 0 unspecified atom stereocenters. The third-order valence-electron chi connectivity index (χ3n) is 6.46. The standard InChI is InChI=1S/C25H28N8O2/c1-15-21(9-19(13-26-15)29-23(34)10-20-5-4-6-32(20)2)31-25(35)17-7-16-8-22(30-24(16)27-11-17)18-12-28-33(3)14-18/h7-9,11-14,20H,4-6,10H2,1-3H3,(H,27,30)(H,29,34)(H,31,35)/t20-/m0/s1. The minimum atomic E-state index is -0.301. The number of likely N-dealkylation sites (tertiary alicyclic amines) is 1.